The highest BCUT2D eigenvalue weighted by atomic mass is 16.3. The maximum Gasteiger partial charge on any atom is 0.223 e. The highest BCUT2D eigenvalue weighted by Gasteiger charge is 2.41. The maximum atomic E-state index is 11.7. The van der Waals surface area contributed by atoms with Crippen LogP contribution in [0, 0.1) is 0 Å². The van der Waals surface area contributed by atoms with Gasteiger partial charge < -0.3 is 10.0 Å². The van der Waals surface area contributed by atoms with Gasteiger partial charge in [0.25, 0.3) is 0 Å². The average molecular weight is 231 g/mol. The SMILES string of the molecule is O=C1CC[C@H]2[C@H](O)C[C@H](c3ccccc3)CN12. The van der Waals surface area contributed by atoms with Gasteiger partial charge in [0.15, 0.2) is 0 Å². The third-order valence-corrected chi connectivity index (χ3v) is 4.03. The molecule has 0 unspecified atom stereocenters. The van der Waals surface area contributed by atoms with Crippen molar-refractivity contribution in [1.82, 2.24) is 4.90 Å². The molecule has 0 spiro atoms. The molecular weight excluding hydrogens is 214 g/mol. The second kappa shape index (κ2) is 4.15. The molecule has 0 saturated carbocycles. The molecule has 2 aliphatic rings. The van der Waals surface area contributed by atoms with E-state index in [0.717, 1.165) is 19.4 Å². The lowest BCUT2D eigenvalue weighted by atomic mass is 9.86. The van der Waals surface area contributed by atoms with Crippen molar-refractivity contribution in [3.63, 3.8) is 0 Å². The first-order valence-corrected chi connectivity index (χ1v) is 6.28. The minimum absolute atomic E-state index is 0.0717. The largest absolute Gasteiger partial charge is 0.391 e. The van der Waals surface area contributed by atoms with Crippen molar-refractivity contribution in [1.29, 1.82) is 0 Å². The Labute approximate surface area is 101 Å². The summed E-state index contributed by atoms with van der Waals surface area (Å²) in [5.74, 6) is 0.485. The Bertz CT molecular complexity index is 417. The van der Waals surface area contributed by atoms with Gasteiger partial charge in [-0.3, -0.25) is 4.79 Å². The van der Waals surface area contributed by atoms with Crippen LogP contribution in [-0.4, -0.2) is 34.6 Å². The maximum absolute atomic E-state index is 11.7. The molecule has 2 heterocycles. The molecule has 3 rings (SSSR count). The first-order valence-electron chi connectivity index (χ1n) is 6.28. The van der Waals surface area contributed by atoms with E-state index in [-0.39, 0.29) is 24.0 Å². The topological polar surface area (TPSA) is 40.5 Å². The number of benzene rings is 1. The second-order valence-electron chi connectivity index (χ2n) is 5.06. The monoisotopic (exact) mass is 231 g/mol. The summed E-state index contributed by atoms with van der Waals surface area (Å²) in [6, 6.07) is 10.3. The lowest BCUT2D eigenvalue weighted by molar-refractivity contribution is -0.132. The van der Waals surface area contributed by atoms with Crippen LogP contribution in [0.4, 0.5) is 0 Å². The lowest BCUT2D eigenvalue weighted by Crippen LogP contribution is -2.48. The molecule has 1 N–H and O–H groups in total. The summed E-state index contributed by atoms with van der Waals surface area (Å²) in [4.78, 5) is 13.6. The van der Waals surface area contributed by atoms with Gasteiger partial charge >= 0.3 is 0 Å². The Balaban J connectivity index is 1.83. The predicted molar refractivity (Wildman–Crippen MR) is 64.5 cm³/mol. The molecule has 0 radical (unpaired) electrons. The molecule has 90 valence electrons. The van der Waals surface area contributed by atoms with E-state index < -0.39 is 0 Å². The molecule has 2 fully saturated rings. The molecule has 0 bridgehead atoms. The fourth-order valence-electron chi connectivity index (χ4n) is 3.12. The lowest BCUT2D eigenvalue weighted by Gasteiger charge is -2.38. The minimum Gasteiger partial charge on any atom is -0.391 e. The van der Waals surface area contributed by atoms with Crippen molar-refractivity contribution in [2.24, 2.45) is 0 Å². The molecule has 0 aromatic heterocycles. The van der Waals surface area contributed by atoms with Gasteiger partial charge in [-0.2, -0.15) is 0 Å². The summed E-state index contributed by atoms with van der Waals surface area (Å²) in [6.45, 7) is 0.768. The number of hydrogen-bond donors (Lipinski definition) is 1. The van der Waals surface area contributed by atoms with Crippen LogP contribution in [0.15, 0.2) is 30.3 Å². The zero-order valence-corrected chi connectivity index (χ0v) is 9.75. The number of amides is 1. The Morgan fingerprint density at radius 1 is 1.24 bits per heavy atom. The van der Waals surface area contributed by atoms with Crippen LogP contribution in [0.25, 0.3) is 0 Å². The van der Waals surface area contributed by atoms with E-state index in [2.05, 4.69) is 12.1 Å². The summed E-state index contributed by atoms with van der Waals surface area (Å²) in [7, 11) is 0. The normalized spacial score (nSPS) is 32.6. The zero-order valence-electron chi connectivity index (χ0n) is 9.75. The number of aliphatic hydroxyl groups excluding tert-OH is 1. The van der Waals surface area contributed by atoms with Crippen molar-refractivity contribution < 1.29 is 9.90 Å². The quantitative estimate of drug-likeness (QED) is 0.796. The Morgan fingerprint density at radius 3 is 2.76 bits per heavy atom. The van der Waals surface area contributed by atoms with Crippen molar-refractivity contribution >= 4 is 5.91 Å². The molecular formula is C14H17NO2. The van der Waals surface area contributed by atoms with E-state index in [0.29, 0.717) is 6.42 Å². The first-order chi connectivity index (χ1) is 8.25. The van der Waals surface area contributed by atoms with Crippen LogP contribution < -0.4 is 0 Å². The minimum atomic E-state index is -0.361. The number of aliphatic hydroxyl groups is 1. The number of carbonyl (C=O) groups is 1. The van der Waals surface area contributed by atoms with Crippen molar-refractivity contribution in [3.05, 3.63) is 35.9 Å². The Hall–Kier alpha value is -1.35. The third kappa shape index (κ3) is 1.84. The molecule has 17 heavy (non-hydrogen) atoms. The molecule has 3 atom stereocenters. The highest BCUT2D eigenvalue weighted by Crippen LogP contribution is 2.35. The fourth-order valence-corrected chi connectivity index (χ4v) is 3.12. The summed E-state index contributed by atoms with van der Waals surface area (Å²) < 4.78 is 0. The number of piperidine rings is 1. The van der Waals surface area contributed by atoms with Crippen LogP contribution in [0.5, 0.6) is 0 Å². The number of rotatable bonds is 1. The summed E-state index contributed by atoms with van der Waals surface area (Å²) in [5.41, 5.74) is 1.23. The van der Waals surface area contributed by atoms with Crippen molar-refractivity contribution in [2.75, 3.05) is 6.54 Å². The van der Waals surface area contributed by atoms with E-state index in [1.54, 1.807) is 0 Å². The standard InChI is InChI=1S/C14H17NO2/c16-13-8-11(10-4-2-1-3-5-10)9-15-12(13)6-7-14(15)17/h1-5,11-13,16H,6-9H2/t11-,12-,13+/m0/s1. The smallest absolute Gasteiger partial charge is 0.223 e. The fraction of sp³-hybridized carbons (Fsp3) is 0.500. The van der Waals surface area contributed by atoms with E-state index in [9.17, 15) is 9.90 Å². The molecule has 1 amide bonds. The molecule has 3 nitrogen and oxygen atoms in total. The van der Waals surface area contributed by atoms with Crippen LogP contribution in [0.2, 0.25) is 0 Å². The van der Waals surface area contributed by atoms with E-state index >= 15 is 0 Å². The molecule has 1 aromatic carbocycles. The summed E-state index contributed by atoms with van der Waals surface area (Å²) in [6.07, 6.45) is 1.84. The van der Waals surface area contributed by atoms with Gasteiger partial charge in [-0.15, -0.1) is 0 Å². The molecule has 2 saturated heterocycles. The van der Waals surface area contributed by atoms with Crippen LogP contribution in [0.3, 0.4) is 0 Å². The van der Waals surface area contributed by atoms with Crippen molar-refractivity contribution in [3.8, 4) is 0 Å². The predicted octanol–water partition coefficient (Wildman–Crippen LogP) is 1.53. The number of nitrogens with zero attached hydrogens (tertiary/aromatic N) is 1. The Morgan fingerprint density at radius 2 is 2.00 bits per heavy atom. The van der Waals surface area contributed by atoms with Crippen LogP contribution in [0.1, 0.15) is 30.7 Å². The number of carbonyl (C=O) groups excluding carboxylic acids is 1. The van der Waals surface area contributed by atoms with Crippen molar-refractivity contribution in [2.45, 2.75) is 37.3 Å². The van der Waals surface area contributed by atoms with E-state index in [1.165, 1.54) is 5.56 Å². The molecule has 3 heteroatoms. The van der Waals surface area contributed by atoms with Gasteiger partial charge in [0.2, 0.25) is 5.91 Å². The van der Waals surface area contributed by atoms with Crippen LogP contribution >= 0.6 is 0 Å². The van der Waals surface area contributed by atoms with E-state index in [4.69, 9.17) is 0 Å². The molecule has 0 aliphatic carbocycles. The first kappa shape index (κ1) is 10.8. The van der Waals surface area contributed by atoms with Gasteiger partial charge in [0, 0.05) is 18.9 Å². The highest BCUT2D eigenvalue weighted by molar-refractivity contribution is 5.79. The van der Waals surface area contributed by atoms with E-state index in [1.807, 2.05) is 23.1 Å². The number of fused-ring (bicyclic) bond motifs is 1. The average Bonchev–Trinajstić information content (AvgIpc) is 2.73. The summed E-state index contributed by atoms with van der Waals surface area (Å²) in [5, 5.41) is 10.1. The molecule has 2 aliphatic heterocycles. The Kier molecular flexibility index (Phi) is 2.63. The number of hydrogen-bond acceptors (Lipinski definition) is 2. The zero-order chi connectivity index (χ0) is 11.8. The van der Waals surface area contributed by atoms with Gasteiger partial charge in [-0.25, -0.2) is 0 Å². The van der Waals surface area contributed by atoms with Gasteiger partial charge in [-0.05, 0) is 18.4 Å². The van der Waals surface area contributed by atoms with Gasteiger partial charge in [0.1, 0.15) is 0 Å². The second-order valence-corrected chi connectivity index (χ2v) is 5.06. The van der Waals surface area contributed by atoms with Gasteiger partial charge in [-0.1, -0.05) is 30.3 Å². The van der Waals surface area contributed by atoms with Crippen LogP contribution in [-0.2, 0) is 4.79 Å². The summed E-state index contributed by atoms with van der Waals surface area (Å²) >= 11 is 0. The third-order valence-electron chi connectivity index (χ3n) is 4.03. The van der Waals surface area contributed by atoms with Gasteiger partial charge in [0.05, 0.1) is 12.1 Å². The molecule has 1 aromatic rings.